The smallest absolute Gasteiger partial charge is 0.252 e. The van der Waals surface area contributed by atoms with Crippen molar-refractivity contribution in [3.8, 4) is 11.5 Å². The first kappa shape index (κ1) is 27.7. The number of ether oxygens (including phenoxy) is 3. The number of hydrogen-bond acceptors (Lipinski definition) is 8. The Labute approximate surface area is 232 Å². The molecule has 1 fully saturated rings. The lowest BCUT2D eigenvalue weighted by atomic mass is 9.99. The van der Waals surface area contributed by atoms with Crippen molar-refractivity contribution in [2.24, 2.45) is 5.92 Å². The molecular weight excluding hydrogens is 515 g/mol. The number of H-pyrrole nitrogens is 1. The lowest BCUT2D eigenvalue weighted by Gasteiger charge is -2.33. The molecule has 0 aliphatic carbocycles. The van der Waals surface area contributed by atoms with Gasteiger partial charge in [-0.15, -0.1) is 5.10 Å². The van der Waals surface area contributed by atoms with Crippen molar-refractivity contribution in [1.29, 1.82) is 0 Å². The lowest BCUT2D eigenvalue weighted by molar-refractivity contribution is 0.0851. The highest BCUT2D eigenvalue weighted by atomic mass is 19.1. The number of rotatable bonds is 11. The average molecular weight is 551 g/mol. The van der Waals surface area contributed by atoms with Crippen LogP contribution in [-0.4, -0.2) is 57.0 Å². The Bertz CT molecular complexity index is 1500. The molecule has 2 aromatic heterocycles. The standard InChI is InChI=1S/C29H35FN6O4/c1-18(2)27(28-32-33-34-36(28)17-23-6-5-11-40-23)35(15-19-7-9-22(30)10-8-19)16-21-12-20-13-25(38-3)26(39-4)14-24(20)31-29(21)37/h7-10,12-14,18,23,27H,5-6,11,15-17H2,1-4H3,(H,31,37)/t23-,27-/m0/s1. The third kappa shape index (κ3) is 6.00. The lowest BCUT2D eigenvalue weighted by Crippen LogP contribution is -2.36. The van der Waals surface area contributed by atoms with Crippen LogP contribution in [0.3, 0.4) is 0 Å². The quantitative estimate of drug-likeness (QED) is 0.295. The number of nitrogens with zero attached hydrogens (tertiary/aromatic N) is 5. The number of halogens is 1. The summed E-state index contributed by atoms with van der Waals surface area (Å²) in [4.78, 5) is 18.5. The molecule has 1 aliphatic rings. The van der Waals surface area contributed by atoms with E-state index in [0.717, 1.165) is 30.4 Å². The predicted molar refractivity (Wildman–Crippen MR) is 148 cm³/mol. The Morgan fingerprint density at radius 1 is 1.12 bits per heavy atom. The summed E-state index contributed by atoms with van der Waals surface area (Å²) in [7, 11) is 3.14. The molecule has 2 aromatic carbocycles. The predicted octanol–water partition coefficient (Wildman–Crippen LogP) is 4.25. The van der Waals surface area contributed by atoms with E-state index in [0.29, 0.717) is 48.0 Å². The Morgan fingerprint density at radius 2 is 1.88 bits per heavy atom. The first-order valence-electron chi connectivity index (χ1n) is 13.5. The molecule has 1 saturated heterocycles. The molecule has 0 saturated carbocycles. The number of pyridine rings is 1. The topological polar surface area (TPSA) is 107 Å². The number of benzene rings is 2. The van der Waals surface area contributed by atoms with E-state index < -0.39 is 0 Å². The highest BCUT2D eigenvalue weighted by Crippen LogP contribution is 2.33. The maximum Gasteiger partial charge on any atom is 0.252 e. The van der Waals surface area contributed by atoms with Crippen LogP contribution in [0.4, 0.5) is 4.39 Å². The third-order valence-corrected chi connectivity index (χ3v) is 7.35. The number of fused-ring (bicyclic) bond motifs is 1. The molecule has 0 radical (unpaired) electrons. The van der Waals surface area contributed by atoms with Crippen LogP contribution in [-0.2, 0) is 24.4 Å². The van der Waals surface area contributed by atoms with Crippen molar-refractivity contribution in [3.63, 3.8) is 0 Å². The molecule has 5 rings (SSSR count). The number of aromatic nitrogens is 5. The maximum absolute atomic E-state index is 13.7. The van der Waals surface area contributed by atoms with Crippen molar-refractivity contribution in [3.05, 3.63) is 75.6 Å². The molecule has 0 bridgehead atoms. The highest BCUT2D eigenvalue weighted by Gasteiger charge is 2.31. The van der Waals surface area contributed by atoms with Gasteiger partial charge in [-0.3, -0.25) is 9.69 Å². The van der Waals surface area contributed by atoms with Gasteiger partial charge in [-0.1, -0.05) is 26.0 Å². The summed E-state index contributed by atoms with van der Waals surface area (Å²) < 4.78 is 32.3. The normalized spacial score (nSPS) is 16.2. The minimum atomic E-state index is -0.299. The van der Waals surface area contributed by atoms with Crippen LogP contribution < -0.4 is 15.0 Å². The van der Waals surface area contributed by atoms with Gasteiger partial charge in [0.05, 0.1) is 38.4 Å². The van der Waals surface area contributed by atoms with E-state index in [2.05, 4.69) is 39.3 Å². The molecular formula is C29H35FN6O4. The van der Waals surface area contributed by atoms with Gasteiger partial charge in [0, 0.05) is 36.7 Å². The molecule has 212 valence electrons. The highest BCUT2D eigenvalue weighted by molar-refractivity contribution is 5.83. The molecule has 10 nitrogen and oxygen atoms in total. The molecule has 2 atom stereocenters. The summed E-state index contributed by atoms with van der Waals surface area (Å²) in [6, 6.07) is 11.7. The molecule has 0 unspecified atom stereocenters. The Hall–Kier alpha value is -3.83. The molecule has 11 heteroatoms. The van der Waals surface area contributed by atoms with E-state index in [1.807, 2.05) is 16.8 Å². The van der Waals surface area contributed by atoms with Crippen LogP contribution in [0.25, 0.3) is 10.9 Å². The number of tetrazole rings is 1. The van der Waals surface area contributed by atoms with Crippen LogP contribution in [0.15, 0.2) is 47.3 Å². The largest absolute Gasteiger partial charge is 0.493 e. The van der Waals surface area contributed by atoms with Gasteiger partial charge < -0.3 is 19.2 Å². The van der Waals surface area contributed by atoms with Crippen molar-refractivity contribution in [2.45, 2.75) is 58.5 Å². The van der Waals surface area contributed by atoms with E-state index >= 15 is 0 Å². The van der Waals surface area contributed by atoms with Crippen molar-refractivity contribution in [1.82, 2.24) is 30.1 Å². The van der Waals surface area contributed by atoms with Gasteiger partial charge >= 0.3 is 0 Å². The second-order valence-corrected chi connectivity index (χ2v) is 10.5. The van der Waals surface area contributed by atoms with Gasteiger partial charge in [0.1, 0.15) is 5.82 Å². The van der Waals surface area contributed by atoms with Crippen LogP contribution in [0.2, 0.25) is 0 Å². The zero-order valence-corrected chi connectivity index (χ0v) is 23.3. The van der Waals surface area contributed by atoms with E-state index in [4.69, 9.17) is 14.2 Å². The van der Waals surface area contributed by atoms with Gasteiger partial charge in [0.25, 0.3) is 5.56 Å². The fourth-order valence-electron chi connectivity index (χ4n) is 5.41. The van der Waals surface area contributed by atoms with E-state index in [-0.39, 0.29) is 29.4 Å². The summed E-state index contributed by atoms with van der Waals surface area (Å²) in [5.41, 5.74) is 1.93. The SMILES string of the molecule is COc1cc2cc(CN(Cc3ccc(F)cc3)[C@H](c3nnnn3C[C@@H]3CCCO3)C(C)C)c(=O)[nH]c2cc1OC. The first-order valence-corrected chi connectivity index (χ1v) is 13.5. The van der Waals surface area contributed by atoms with Crippen LogP contribution >= 0.6 is 0 Å². The number of hydrogen-bond donors (Lipinski definition) is 1. The summed E-state index contributed by atoms with van der Waals surface area (Å²) in [6.45, 7) is 6.29. The van der Waals surface area contributed by atoms with Gasteiger partial charge in [-0.2, -0.15) is 0 Å². The molecule has 3 heterocycles. The summed E-state index contributed by atoms with van der Waals surface area (Å²) in [5, 5.41) is 13.6. The summed E-state index contributed by atoms with van der Waals surface area (Å²) >= 11 is 0. The second kappa shape index (κ2) is 12.1. The van der Waals surface area contributed by atoms with Crippen LogP contribution in [0, 0.1) is 11.7 Å². The molecule has 1 N–H and O–H groups in total. The average Bonchev–Trinajstić information content (AvgIpc) is 3.62. The Balaban J connectivity index is 1.54. The number of nitrogens with one attached hydrogen (secondary N) is 1. The zero-order chi connectivity index (χ0) is 28.2. The van der Waals surface area contributed by atoms with E-state index in [1.165, 1.54) is 12.1 Å². The fraction of sp³-hybridized carbons (Fsp3) is 0.448. The van der Waals surface area contributed by atoms with Crippen molar-refractivity contribution < 1.29 is 18.6 Å². The van der Waals surface area contributed by atoms with Crippen molar-refractivity contribution in [2.75, 3.05) is 20.8 Å². The molecule has 1 aliphatic heterocycles. The van der Waals surface area contributed by atoms with Gasteiger partial charge in [0.15, 0.2) is 17.3 Å². The Morgan fingerprint density at radius 3 is 2.55 bits per heavy atom. The number of aromatic amines is 1. The molecule has 4 aromatic rings. The monoisotopic (exact) mass is 550 g/mol. The minimum Gasteiger partial charge on any atom is -0.493 e. The van der Waals surface area contributed by atoms with E-state index in [9.17, 15) is 9.18 Å². The van der Waals surface area contributed by atoms with Crippen LogP contribution in [0.1, 0.15) is 49.7 Å². The molecule has 0 spiro atoms. The van der Waals surface area contributed by atoms with Crippen LogP contribution in [0.5, 0.6) is 11.5 Å². The number of methoxy groups -OCH3 is 2. The van der Waals surface area contributed by atoms with Gasteiger partial charge in [-0.25, -0.2) is 9.07 Å². The first-order chi connectivity index (χ1) is 19.4. The maximum atomic E-state index is 13.7. The van der Waals surface area contributed by atoms with Crippen molar-refractivity contribution >= 4 is 10.9 Å². The molecule has 40 heavy (non-hydrogen) atoms. The van der Waals surface area contributed by atoms with Gasteiger partial charge in [-0.05, 0) is 59.0 Å². The minimum absolute atomic E-state index is 0.0657. The summed E-state index contributed by atoms with van der Waals surface area (Å²) in [6.07, 6.45) is 2.05. The summed E-state index contributed by atoms with van der Waals surface area (Å²) in [5.74, 6) is 1.61. The third-order valence-electron chi connectivity index (χ3n) is 7.35. The zero-order valence-electron chi connectivity index (χ0n) is 23.3. The second-order valence-electron chi connectivity index (χ2n) is 10.5. The fourth-order valence-corrected chi connectivity index (χ4v) is 5.41. The molecule has 0 amide bonds. The van der Waals surface area contributed by atoms with E-state index in [1.54, 1.807) is 32.4 Å². The Kier molecular flexibility index (Phi) is 8.41. The van der Waals surface area contributed by atoms with Gasteiger partial charge in [0.2, 0.25) is 0 Å².